The Morgan fingerprint density at radius 2 is 1.31 bits per heavy atom. The van der Waals surface area contributed by atoms with E-state index < -0.39 is 152 Å². The molecule has 21 nitrogen and oxygen atoms in total. The van der Waals surface area contributed by atoms with E-state index in [0.29, 0.717) is 18.4 Å². The third kappa shape index (κ3) is 8.07. The molecule has 0 radical (unpaired) electrons. The summed E-state index contributed by atoms with van der Waals surface area (Å²) in [6, 6.07) is 0. The summed E-state index contributed by atoms with van der Waals surface area (Å²) in [5.41, 5.74) is 0.595. The lowest BCUT2D eigenvalue weighted by Gasteiger charge is -2.61. The first-order chi connectivity index (χ1) is 33.0. The average molecular weight is 1000 g/mol. The molecule has 4 aliphatic carbocycles. The maximum Gasteiger partial charge on any atom is 0.198 e. The number of ether oxygens (including phenoxy) is 9. The number of rotatable bonds is 7. The Labute approximate surface area is 406 Å². The molecule has 0 bridgehead atoms. The summed E-state index contributed by atoms with van der Waals surface area (Å²) < 4.78 is 56.8. The van der Waals surface area contributed by atoms with Crippen molar-refractivity contribution >= 4 is 0 Å². The smallest absolute Gasteiger partial charge is 0.198 e. The molecule has 0 aromatic rings. The van der Waals surface area contributed by atoms with E-state index in [2.05, 4.69) is 26.5 Å². The summed E-state index contributed by atoms with van der Waals surface area (Å²) >= 11 is 0. The molecule has 31 unspecified atom stereocenters. The molecule has 0 aromatic heterocycles. The first-order valence-electron chi connectivity index (χ1n) is 25.4. The number of hydrogen-bond acceptors (Lipinski definition) is 21. The summed E-state index contributed by atoms with van der Waals surface area (Å²) in [7, 11) is 0. The normalized spacial score (nSPS) is 59.1. The van der Waals surface area contributed by atoms with Gasteiger partial charge in [0.2, 0.25) is 0 Å². The monoisotopic (exact) mass is 1000 g/mol. The standard InChI is InChI=1S/C49H76O21/c1-17-14-64-49(43(61)30(17)40-37(58)34(55)26(51)15-62-40)18(2)31-28(70-49)13-25-23-8-7-21-11-22(50)12-29(48(21,6)24(23)9-10-47(25,31)5)67-46-42(69-44-38(59)35(56)27(52)16-63-44)41(33(54)20(4)66-46)68-45-39(60)36(57)32(53)19(3)65-45/h7,18-20,22-46,50-61H,1,8-16H2,2-6H3. The first kappa shape index (κ1) is 52.1. The average Bonchev–Trinajstić information content (AvgIpc) is 3.78. The van der Waals surface area contributed by atoms with Crippen LogP contribution in [0, 0.1) is 46.3 Å². The Morgan fingerprint density at radius 1 is 0.671 bits per heavy atom. The lowest BCUT2D eigenvalue weighted by molar-refractivity contribution is -0.390. The van der Waals surface area contributed by atoms with Crippen molar-refractivity contribution in [3.05, 3.63) is 23.8 Å². The largest absolute Gasteiger partial charge is 0.393 e. The minimum absolute atomic E-state index is 0.0301. The van der Waals surface area contributed by atoms with Gasteiger partial charge in [-0.05, 0) is 80.6 Å². The maximum absolute atomic E-state index is 12.3. The van der Waals surface area contributed by atoms with Gasteiger partial charge in [0.15, 0.2) is 24.7 Å². The van der Waals surface area contributed by atoms with Gasteiger partial charge < -0.3 is 104 Å². The van der Waals surface area contributed by atoms with E-state index in [1.165, 1.54) is 6.92 Å². The summed E-state index contributed by atoms with van der Waals surface area (Å²) in [6.45, 7) is 13.1. The molecule has 6 heterocycles. The number of allylic oxidation sites excluding steroid dienone is 1. The lowest BCUT2D eigenvalue weighted by atomic mass is 9.46. The molecule has 6 saturated heterocycles. The van der Waals surface area contributed by atoms with Gasteiger partial charge in [0.25, 0.3) is 0 Å². The van der Waals surface area contributed by atoms with E-state index in [1.54, 1.807) is 6.92 Å². The van der Waals surface area contributed by atoms with Crippen molar-refractivity contribution in [2.45, 2.75) is 214 Å². The maximum atomic E-state index is 12.3. The Balaban J connectivity index is 0.918. The zero-order chi connectivity index (χ0) is 50.3. The molecule has 9 fully saturated rings. The Bertz CT molecular complexity index is 1950. The minimum Gasteiger partial charge on any atom is -0.393 e. The second kappa shape index (κ2) is 19.0. The van der Waals surface area contributed by atoms with Crippen molar-refractivity contribution in [1.82, 2.24) is 0 Å². The van der Waals surface area contributed by atoms with Gasteiger partial charge in [-0.15, -0.1) is 0 Å². The van der Waals surface area contributed by atoms with E-state index in [4.69, 9.17) is 42.6 Å². The second-order valence-corrected chi connectivity index (χ2v) is 22.9. The highest BCUT2D eigenvalue weighted by Gasteiger charge is 2.72. The van der Waals surface area contributed by atoms with E-state index in [1.807, 2.05) is 6.92 Å². The van der Waals surface area contributed by atoms with Gasteiger partial charge >= 0.3 is 0 Å². The van der Waals surface area contributed by atoms with E-state index in [0.717, 1.165) is 24.8 Å². The van der Waals surface area contributed by atoms with E-state index >= 15 is 0 Å². The summed E-state index contributed by atoms with van der Waals surface area (Å²) in [4.78, 5) is 0. The SMILES string of the molecule is C=C1COC2(OC3CC4C5CC=C6CC(O)CC(OC7OC(C)C(O)C(OC8OC(C)C(O)C(O)C8O)C7OC7OCC(O)C(O)C7O)C6(C)C5CCC4(C)C3C2C)C(O)C1C1OCC(O)C(O)C1O. The molecule has 12 N–H and O–H groups in total. The van der Waals surface area contributed by atoms with Crippen LogP contribution in [0.15, 0.2) is 23.8 Å². The summed E-state index contributed by atoms with van der Waals surface area (Å²) in [5.74, 6) is -2.28. The summed E-state index contributed by atoms with van der Waals surface area (Å²) in [6.07, 6.45) is -23.2. The van der Waals surface area contributed by atoms with Crippen LogP contribution >= 0.6 is 0 Å². The van der Waals surface area contributed by atoms with Crippen LogP contribution in [0.3, 0.4) is 0 Å². The third-order valence-electron chi connectivity index (χ3n) is 19.2. The molecular weight excluding hydrogens is 925 g/mol. The molecular formula is C49H76O21. The molecule has 31 atom stereocenters. The van der Waals surface area contributed by atoms with Crippen molar-refractivity contribution < 1.29 is 104 Å². The van der Waals surface area contributed by atoms with Crippen molar-refractivity contribution in [3.8, 4) is 0 Å². The highest BCUT2D eigenvalue weighted by Crippen LogP contribution is 2.71. The van der Waals surface area contributed by atoms with E-state index in [-0.39, 0.29) is 60.7 Å². The lowest BCUT2D eigenvalue weighted by Crippen LogP contribution is -2.66. The molecule has 10 aliphatic rings. The molecule has 10 rings (SSSR count). The predicted octanol–water partition coefficient (Wildman–Crippen LogP) is -2.55. The fourth-order valence-corrected chi connectivity index (χ4v) is 15.3. The van der Waals surface area contributed by atoms with Crippen LogP contribution in [-0.2, 0) is 42.6 Å². The van der Waals surface area contributed by atoms with Gasteiger partial charge in [-0.1, -0.05) is 39.0 Å². The third-order valence-corrected chi connectivity index (χ3v) is 19.2. The van der Waals surface area contributed by atoms with E-state index in [9.17, 15) is 61.3 Å². The van der Waals surface area contributed by atoms with Crippen molar-refractivity contribution in [2.24, 2.45) is 46.3 Å². The van der Waals surface area contributed by atoms with Gasteiger partial charge in [-0.2, -0.15) is 0 Å². The number of hydrogen-bond donors (Lipinski definition) is 12. The van der Waals surface area contributed by atoms with Crippen LogP contribution < -0.4 is 0 Å². The van der Waals surface area contributed by atoms with Crippen molar-refractivity contribution in [2.75, 3.05) is 19.8 Å². The number of fused-ring (bicyclic) bond motifs is 7. The molecule has 70 heavy (non-hydrogen) atoms. The van der Waals surface area contributed by atoms with Crippen molar-refractivity contribution in [3.63, 3.8) is 0 Å². The summed E-state index contributed by atoms with van der Waals surface area (Å²) in [5, 5.41) is 131. The first-order valence-corrected chi connectivity index (χ1v) is 25.4. The van der Waals surface area contributed by atoms with Crippen LogP contribution in [0.1, 0.15) is 73.1 Å². The quantitative estimate of drug-likeness (QED) is 0.117. The van der Waals surface area contributed by atoms with Gasteiger partial charge in [-0.3, -0.25) is 0 Å². The molecule has 21 heteroatoms. The Hall–Kier alpha value is -1.36. The van der Waals surface area contributed by atoms with Crippen LogP contribution in [0.5, 0.6) is 0 Å². The zero-order valence-electron chi connectivity index (χ0n) is 40.4. The molecule has 3 saturated carbocycles. The molecule has 0 aromatic carbocycles. The van der Waals surface area contributed by atoms with Crippen LogP contribution in [-0.4, -0.2) is 222 Å². The molecule has 0 amide bonds. The number of aliphatic hydroxyl groups is 12. The van der Waals surface area contributed by atoms with Gasteiger partial charge in [-0.25, -0.2) is 0 Å². The van der Waals surface area contributed by atoms with Gasteiger partial charge in [0.05, 0.1) is 56.4 Å². The van der Waals surface area contributed by atoms with Crippen LogP contribution in [0.25, 0.3) is 0 Å². The van der Waals surface area contributed by atoms with Crippen LogP contribution in [0.4, 0.5) is 0 Å². The fourth-order valence-electron chi connectivity index (χ4n) is 15.3. The highest BCUT2D eigenvalue weighted by atomic mass is 16.8. The minimum atomic E-state index is -1.77. The van der Waals surface area contributed by atoms with Crippen molar-refractivity contribution in [1.29, 1.82) is 0 Å². The zero-order valence-corrected chi connectivity index (χ0v) is 40.4. The second-order valence-electron chi connectivity index (χ2n) is 22.9. The predicted molar refractivity (Wildman–Crippen MR) is 236 cm³/mol. The topological polar surface area (TPSA) is 326 Å². The van der Waals surface area contributed by atoms with Crippen LogP contribution in [0.2, 0.25) is 0 Å². The fraction of sp³-hybridized carbons (Fsp3) is 0.918. The Morgan fingerprint density at radius 3 is 2.04 bits per heavy atom. The number of aliphatic hydroxyl groups excluding tert-OH is 12. The molecule has 398 valence electrons. The van der Waals surface area contributed by atoms with Gasteiger partial charge in [0.1, 0.15) is 79.4 Å². The highest BCUT2D eigenvalue weighted by molar-refractivity contribution is 5.29. The Kier molecular flexibility index (Phi) is 14.2. The van der Waals surface area contributed by atoms with Gasteiger partial charge in [0, 0.05) is 23.7 Å². The molecule has 1 spiro atoms. The molecule has 6 aliphatic heterocycles.